The Morgan fingerprint density at radius 1 is 0.950 bits per heavy atom. The number of nitrogens with one attached hydrogen (secondary N) is 1. The summed E-state index contributed by atoms with van der Waals surface area (Å²) in [6, 6.07) is 10.4. The van der Waals surface area contributed by atoms with Crippen LogP contribution >= 0.6 is 0 Å². The number of nitrogens with zero attached hydrogens (tertiary/aromatic N) is 1. The molecule has 1 aromatic heterocycles. The van der Waals surface area contributed by atoms with E-state index in [1.54, 1.807) is 12.1 Å². The zero-order chi connectivity index (χ0) is 14.3. The van der Waals surface area contributed by atoms with E-state index < -0.39 is 11.7 Å². The molecule has 3 aromatic rings. The van der Waals surface area contributed by atoms with Gasteiger partial charge < -0.3 is 5.73 Å². The van der Waals surface area contributed by atoms with E-state index in [0.717, 1.165) is 28.6 Å². The molecule has 0 bridgehead atoms. The average molecular weight is 277 g/mol. The number of hydrogen-bond donors (Lipinski definition) is 2. The molecule has 0 aliphatic rings. The number of rotatable bonds is 1. The molecule has 0 amide bonds. The van der Waals surface area contributed by atoms with Crippen LogP contribution in [0.25, 0.3) is 22.0 Å². The molecule has 6 heteroatoms. The Labute approximate surface area is 112 Å². The molecule has 0 aliphatic carbocycles. The quantitative estimate of drug-likeness (QED) is 0.710. The van der Waals surface area contributed by atoms with Crippen LogP contribution in [0.3, 0.4) is 0 Å². The molecule has 2 aromatic carbocycles. The SMILES string of the molecule is Nc1n[nH]c2ccc(-c3ccc(C(F)(F)F)cc3)cc12. The number of H-pyrrole nitrogens is 1. The Morgan fingerprint density at radius 2 is 1.60 bits per heavy atom. The van der Waals surface area contributed by atoms with Crippen molar-refractivity contribution in [3.05, 3.63) is 48.0 Å². The molecule has 0 saturated carbocycles. The van der Waals surface area contributed by atoms with Crippen molar-refractivity contribution in [2.24, 2.45) is 0 Å². The van der Waals surface area contributed by atoms with Crippen molar-refractivity contribution >= 4 is 16.7 Å². The van der Waals surface area contributed by atoms with E-state index in [9.17, 15) is 13.2 Å². The molecule has 0 atom stereocenters. The number of aromatic nitrogens is 2. The average Bonchev–Trinajstić information content (AvgIpc) is 2.79. The summed E-state index contributed by atoms with van der Waals surface area (Å²) in [4.78, 5) is 0. The van der Waals surface area contributed by atoms with Gasteiger partial charge >= 0.3 is 6.18 Å². The van der Waals surface area contributed by atoms with E-state index >= 15 is 0 Å². The van der Waals surface area contributed by atoms with Gasteiger partial charge in [-0.3, -0.25) is 5.10 Å². The smallest absolute Gasteiger partial charge is 0.382 e. The molecule has 0 saturated heterocycles. The summed E-state index contributed by atoms with van der Waals surface area (Å²) in [5, 5.41) is 7.40. The van der Waals surface area contributed by atoms with Gasteiger partial charge in [-0.15, -0.1) is 0 Å². The lowest BCUT2D eigenvalue weighted by molar-refractivity contribution is -0.137. The molecule has 102 valence electrons. The summed E-state index contributed by atoms with van der Waals surface area (Å²) in [7, 11) is 0. The minimum atomic E-state index is -4.32. The molecule has 3 N–H and O–H groups in total. The molecule has 0 radical (unpaired) electrons. The van der Waals surface area contributed by atoms with Crippen LogP contribution in [0.4, 0.5) is 19.0 Å². The van der Waals surface area contributed by atoms with E-state index in [2.05, 4.69) is 10.2 Å². The Bertz CT molecular complexity index is 757. The first-order valence-corrected chi connectivity index (χ1v) is 5.86. The van der Waals surface area contributed by atoms with Crippen LogP contribution in [-0.4, -0.2) is 10.2 Å². The van der Waals surface area contributed by atoms with Gasteiger partial charge in [0.2, 0.25) is 0 Å². The van der Waals surface area contributed by atoms with Gasteiger partial charge in [0.1, 0.15) is 0 Å². The van der Waals surface area contributed by atoms with E-state index in [1.807, 2.05) is 6.07 Å². The summed E-state index contributed by atoms with van der Waals surface area (Å²) in [5.41, 5.74) is 7.33. The molecule has 0 aliphatic heterocycles. The molecular weight excluding hydrogens is 267 g/mol. The van der Waals surface area contributed by atoms with Gasteiger partial charge in [-0.2, -0.15) is 18.3 Å². The number of nitrogen functional groups attached to an aromatic ring is 1. The first kappa shape index (κ1) is 12.5. The molecule has 0 fully saturated rings. The van der Waals surface area contributed by atoms with Crippen molar-refractivity contribution in [3.8, 4) is 11.1 Å². The zero-order valence-electron chi connectivity index (χ0n) is 10.2. The first-order chi connectivity index (χ1) is 9.45. The van der Waals surface area contributed by atoms with Gasteiger partial charge in [0.15, 0.2) is 5.82 Å². The number of alkyl halides is 3. The van der Waals surface area contributed by atoms with Crippen LogP contribution < -0.4 is 5.73 Å². The van der Waals surface area contributed by atoms with Crippen molar-refractivity contribution in [1.82, 2.24) is 10.2 Å². The highest BCUT2D eigenvalue weighted by atomic mass is 19.4. The lowest BCUT2D eigenvalue weighted by Crippen LogP contribution is -2.03. The predicted octanol–water partition coefficient (Wildman–Crippen LogP) is 3.83. The summed E-state index contributed by atoms with van der Waals surface area (Å²) in [6.45, 7) is 0. The highest BCUT2D eigenvalue weighted by molar-refractivity contribution is 5.92. The molecule has 3 rings (SSSR count). The van der Waals surface area contributed by atoms with Gasteiger partial charge in [-0.25, -0.2) is 0 Å². The number of aromatic amines is 1. The maximum atomic E-state index is 12.5. The number of fused-ring (bicyclic) bond motifs is 1. The number of benzene rings is 2. The van der Waals surface area contributed by atoms with Gasteiger partial charge in [0.25, 0.3) is 0 Å². The summed E-state index contributed by atoms with van der Waals surface area (Å²) < 4.78 is 37.5. The molecule has 20 heavy (non-hydrogen) atoms. The topological polar surface area (TPSA) is 54.7 Å². The lowest BCUT2D eigenvalue weighted by Gasteiger charge is -2.08. The normalized spacial score (nSPS) is 11.9. The predicted molar refractivity (Wildman–Crippen MR) is 70.9 cm³/mol. The van der Waals surface area contributed by atoms with Crippen molar-refractivity contribution < 1.29 is 13.2 Å². The largest absolute Gasteiger partial charge is 0.416 e. The van der Waals surface area contributed by atoms with Crippen LogP contribution in [0.15, 0.2) is 42.5 Å². The molecule has 0 spiro atoms. The lowest BCUT2D eigenvalue weighted by atomic mass is 10.0. The Morgan fingerprint density at radius 3 is 2.25 bits per heavy atom. The standard InChI is InChI=1S/C14H10F3N3/c15-14(16,17)10-4-1-8(2-5-10)9-3-6-12-11(7-9)13(18)20-19-12/h1-7H,(H3,18,19,20). The molecule has 3 nitrogen and oxygen atoms in total. The van der Waals surface area contributed by atoms with E-state index in [1.165, 1.54) is 12.1 Å². The van der Waals surface area contributed by atoms with Gasteiger partial charge in [0, 0.05) is 5.39 Å². The third kappa shape index (κ3) is 2.09. The highest BCUT2D eigenvalue weighted by Gasteiger charge is 2.29. The maximum absolute atomic E-state index is 12.5. The summed E-state index contributed by atoms with van der Waals surface area (Å²) in [5.74, 6) is 0.369. The van der Waals surface area contributed by atoms with Crippen molar-refractivity contribution in [2.75, 3.05) is 5.73 Å². The van der Waals surface area contributed by atoms with Gasteiger partial charge in [-0.05, 0) is 35.4 Å². The third-order valence-corrected chi connectivity index (χ3v) is 3.14. The van der Waals surface area contributed by atoms with Gasteiger partial charge in [0.05, 0.1) is 11.1 Å². The molecule has 1 heterocycles. The Kier molecular flexibility index (Phi) is 2.67. The van der Waals surface area contributed by atoms with E-state index in [0.29, 0.717) is 11.4 Å². The minimum absolute atomic E-state index is 0.369. The van der Waals surface area contributed by atoms with Crippen LogP contribution in [0, 0.1) is 0 Å². The van der Waals surface area contributed by atoms with Crippen LogP contribution in [0.1, 0.15) is 5.56 Å². The summed E-state index contributed by atoms with van der Waals surface area (Å²) >= 11 is 0. The number of anilines is 1. The van der Waals surface area contributed by atoms with Crippen LogP contribution in [0.5, 0.6) is 0 Å². The fraction of sp³-hybridized carbons (Fsp3) is 0.0714. The molecule has 0 unspecified atom stereocenters. The summed E-state index contributed by atoms with van der Waals surface area (Å²) in [6.07, 6.45) is -4.32. The van der Waals surface area contributed by atoms with E-state index in [4.69, 9.17) is 5.73 Å². The maximum Gasteiger partial charge on any atom is 0.416 e. The number of hydrogen-bond acceptors (Lipinski definition) is 2. The zero-order valence-corrected chi connectivity index (χ0v) is 10.2. The van der Waals surface area contributed by atoms with Crippen LogP contribution in [0.2, 0.25) is 0 Å². The number of nitrogens with two attached hydrogens (primary N) is 1. The third-order valence-electron chi connectivity index (χ3n) is 3.14. The second kappa shape index (κ2) is 4.26. The monoisotopic (exact) mass is 277 g/mol. The fourth-order valence-corrected chi connectivity index (χ4v) is 2.07. The van der Waals surface area contributed by atoms with Crippen molar-refractivity contribution in [3.63, 3.8) is 0 Å². The van der Waals surface area contributed by atoms with Crippen molar-refractivity contribution in [2.45, 2.75) is 6.18 Å². The Hall–Kier alpha value is -2.50. The minimum Gasteiger partial charge on any atom is -0.382 e. The molecular formula is C14H10F3N3. The Balaban J connectivity index is 2.04. The highest BCUT2D eigenvalue weighted by Crippen LogP contribution is 2.32. The van der Waals surface area contributed by atoms with Crippen molar-refractivity contribution in [1.29, 1.82) is 0 Å². The van der Waals surface area contributed by atoms with E-state index in [-0.39, 0.29) is 0 Å². The second-order valence-corrected chi connectivity index (χ2v) is 4.44. The number of halogens is 3. The first-order valence-electron chi connectivity index (χ1n) is 5.86. The van der Waals surface area contributed by atoms with Gasteiger partial charge in [-0.1, -0.05) is 18.2 Å². The second-order valence-electron chi connectivity index (χ2n) is 4.44. The fourth-order valence-electron chi connectivity index (χ4n) is 2.07. The van der Waals surface area contributed by atoms with Crippen LogP contribution in [-0.2, 0) is 6.18 Å².